The van der Waals surface area contributed by atoms with E-state index in [-0.39, 0.29) is 57.2 Å². The molecule has 0 aromatic heterocycles. The zero-order valence-electron chi connectivity index (χ0n) is 30.2. The van der Waals surface area contributed by atoms with Gasteiger partial charge in [0.05, 0.1) is 30.7 Å². The zero-order valence-corrected chi connectivity index (χ0v) is 32.5. The van der Waals surface area contributed by atoms with Gasteiger partial charge >= 0.3 is 24.3 Å². The second kappa shape index (κ2) is 13.3. The minimum Gasteiger partial charge on any atom is -0.393 e. The topological polar surface area (TPSA) is 80.3 Å². The van der Waals surface area contributed by atoms with Crippen LogP contribution < -0.4 is 0 Å². The molecular formula is C36H49Cl3F6O7. The predicted molar refractivity (Wildman–Crippen MR) is 178 cm³/mol. The maximum atomic E-state index is 15.3. The van der Waals surface area contributed by atoms with Crippen LogP contribution in [0.1, 0.15) is 86.0 Å². The van der Waals surface area contributed by atoms with Gasteiger partial charge in [-0.1, -0.05) is 48.7 Å². The van der Waals surface area contributed by atoms with E-state index >= 15 is 26.3 Å². The molecule has 0 aromatic rings. The Morgan fingerprint density at radius 2 is 1.54 bits per heavy atom. The maximum Gasteiger partial charge on any atom is 0.406 e. The van der Waals surface area contributed by atoms with Gasteiger partial charge in [-0.05, 0) is 114 Å². The van der Waals surface area contributed by atoms with Crippen LogP contribution in [0.3, 0.4) is 0 Å². The van der Waals surface area contributed by atoms with Gasteiger partial charge in [0.1, 0.15) is 18.0 Å². The third kappa shape index (κ3) is 5.48. The van der Waals surface area contributed by atoms with Crippen LogP contribution in [0.5, 0.6) is 0 Å². The Balaban J connectivity index is 1.35. The summed E-state index contributed by atoms with van der Waals surface area (Å²) in [5.41, 5.74) is -10.4. The lowest BCUT2D eigenvalue weighted by Gasteiger charge is -2.58. The third-order valence-electron chi connectivity index (χ3n) is 15.0. The highest BCUT2D eigenvalue weighted by Crippen LogP contribution is 2.83. The van der Waals surface area contributed by atoms with Crippen molar-refractivity contribution in [2.45, 2.75) is 119 Å². The minimum absolute atomic E-state index is 0.0103. The van der Waals surface area contributed by atoms with Crippen LogP contribution >= 0.6 is 34.8 Å². The molecule has 0 radical (unpaired) electrons. The molecule has 6 fully saturated rings. The molecule has 6 aliphatic rings. The number of carbonyl (C=O) groups is 2. The Kier molecular flexibility index (Phi) is 10.5. The van der Waals surface area contributed by atoms with E-state index in [0.29, 0.717) is 12.8 Å². The van der Waals surface area contributed by atoms with E-state index in [2.05, 4.69) is 0 Å². The molecule has 6 rings (SSSR count). The fourth-order valence-corrected chi connectivity index (χ4v) is 13.6. The van der Waals surface area contributed by atoms with E-state index in [0.717, 1.165) is 0 Å². The summed E-state index contributed by atoms with van der Waals surface area (Å²) in [7, 11) is 1.40. The van der Waals surface area contributed by atoms with Crippen molar-refractivity contribution < 1.29 is 59.6 Å². The first-order valence-electron chi connectivity index (χ1n) is 18.3. The van der Waals surface area contributed by atoms with Crippen molar-refractivity contribution in [2.75, 3.05) is 27.1 Å². The highest BCUT2D eigenvalue weighted by molar-refractivity contribution is 6.68. The average molecular weight is 814 g/mol. The molecule has 0 N–H and O–H groups in total. The SMILES string of the molecule is COCCOCOC12C3CCC(C3)C1(C(C)CCC1C(=O)OC(=O)C1C1C(C)C3CC1C(C)(C(Cl)(Cl)Cl)OC3(C)C)CCC2(C(F)(F)F)C(F)(F)F. The fourth-order valence-electron chi connectivity index (χ4n) is 13.1. The Bertz CT molecular complexity index is 1390. The summed E-state index contributed by atoms with van der Waals surface area (Å²) in [5, 5.41) is 0. The van der Waals surface area contributed by atoms with Crippen molar-refractivity contribution >= 4 is 46.7 Å². The fraction of sp³-hybridized carbons (Fsp3) is 0.944. The number of esters is 2. The van der Waals surface area contributed by atoms with Gasteiger partial charge in [0.2, 0.25) is 3.79 Å². The molecule has 16 heteroatoms. The van der Waals surface area contributed by atoms with Crippen LogP contribution in [-0.4, -0.2) is 72.0 Å². The van der Waals surface area contributed by atoms with E-state index in [9.17, 15) is 9.59 Å². The molecule has 0 aromatic carbocycles. The van der Waals surface area contributed by atoms with Gasteiger partial charge in [0, 0.05) is 12.5 Å². The first kappa shape index (κ1) is 41.1. The first-order chi connectivity index (χ1) is 23.9. The normalized spacial score (nSPS) is 42.9. The number of cyclic esters (lactones) is 2. The van der Waals surface area contributed by atoms with E-state index in [4.69, 9.17) is 58.5 Å². The molecule has 52 heavy (non-hydrogen) atoms. The number of hydrogen-bond donors (Lipinski definition) is 0. The molecule has 4 saturated carbocycles. The molecule has 2 aliphatic heterocycles. The second-order valence-electron chi connectivity index (χ2n) is 17.1. The molecule has 298 valence electrons. The Labute approximate surface area is 315 Å². The van der Waals surface area contributed by atoms with E-state index in [1.807, 2.05) is 20.8 Å². The highest BCUT2D eigenvalue weighted by Gasteiger charge is 2.92. The van der Waals surface area contributed by atoms with Gasteiger partial charge in [-0.15, -0.1) is 0 Å². The molecule has 2 heterocycles. The number of halogens is 9. The quantitative estimate of drug-likeness (QED) is 0.0514. The van der Waals surface area contributed by atoms with E-state index in [1.54, 1.807) is 13.8 Å². The smallest absolute Gasteiger partial charge is 0.393 e. The van der Waals surface area contributed by atoms with Crippen molar-refractivity contribution in [1.29, 1.82) is 0 Å². The lowest BCUT2D eigenvalue weighted by Crippen LogP contribution is -2.70. The summed E-state index contributed by atoms with van der Waals surface area (Å²) in [6.07, 6.45) is -11.4. The monoisotopic (exact) mass is 812 g/mol. The summed E-state index contributed by atoms with van der Waals surface area (Å²) in [5.74, 6) is -6.89. The number of ether oxygens (including phenoxy) is 5. The van der Waals surface area contributed by atoms with E-state index < -0.39 is 110 Å². The Hall–Kier alpha value is -0.570. The van der Waals surface area contributed by atoms with Gasteiger partial charge in [-0.25, -0.2) is 0 Å². The Morgan fingerprint density at radius 1 is 0.904 bits per heavy atom. The summed E-state index contributed by atoms with van der Waals surface area (Å²) in [6, 6.07) is 0. The van der Waals surface area contributed by atoms with Gasteiger partial charge < -0.3 is 23.7 Å². The predicted octanol–water partition coefficient (Wildman–Crippen LogP) is 9.24. The van der Waals surface area contributed by atoms with Crippen LogP contribution in [0.25, 0.3) is 0 Å². The number of rotatable bonds is 11. The van der Waals surface area contributed by atoms with Crippen molar-refractivity contribution in [2.24, 2.45) is 64.1 Å². The first-order valence-corrected chi connectivity index (χ1v) is 19.4. The van der Waals surface area contributed by atoms with Crippen LogP contribution in [0.15, 0.2) is 0 Å². The van der Waals surface area contributed by atoms with Crippen molar-refractivity contribution in [3.8, 4) is 0 Å². The minimum atomic E-state index is -5.67. The number of fused-ring (bicyclic) bond motifs is 7. The van der Waals surface area contributed by atoms with Gasteiger partial charge in [-0.3, -0.25) is 9.59 Å². The molecule has 4 aliphatic carbocycles. The molecule has 4 bridgehead atoms. The van der Waals surface area contributed by atoms with Crippen molar-refractivity contribution in [3.05, 3.63) is 0 Å². The standard InChI is InChI=1S/C36H49Cl3F6O7/c1-18(7-10-22-26(28(47)51-27(22)46)25-19(2)23-16-24(25)30(5,34(37,38)39)52-29(23,3)4)31-11-12-32(35(40,41)42,36(43,44)45)33(31,21-9-8-20(31)15-21)50-17-49-14-13-48-6/h18-26H,7-17H2,1-6H3. The average Bonchev–Trinajstić information content (AvgIpc) is 3.79. The summed E-state index contributed by atoms with van der Waals surface area (Å²) >= 11 is 19.6. The number of methoxy groups -OCH3 is 1. The molecule has 12 unspecified atom stereocenters. The van der Waals surface area contributed by atoms with Crippen LogP contribution in [0.2, 0.25) is 0 Å². The maximum absolute atomic E-state index is 15.3. The summed E-state index contributed by atoms with van der Waals surface area (Å²) < 4.78 is 118. The third-order valence-corrected chi connectivity index (χ3v) is 16.1. The molecule has 12 atom stereocenters. The van der Waals surface area contributed by atoms with E-state index in [1.165, 1.54) is 7.11 Å². The van der Waals surface area contributed by atoms with Crippen molar-refractivity contribution in [1.82, 2.24) is 0 Å². The lowest BCUT2D eigenvalue weighted by molar-refractivity contribution is -0.412. The molecule has 0 spiro atoms. The van der Waals surface area contributed by atoms with Crippen LogP contribution in [0.4, 0.5) is 26.3 Å². The Morgan fingerprint density at radius 3 is 2.13 bits per heavy atom. The highest BCUT2D eigenvalue weighted by atomic mass is 35.6. The largest absolute Gasteiger partial charge is 0.406 e. The lowest BCUT2D eigenvalue weighted by atomic mass is 9.52. The molecule has 7 nitrogen and oxygen atoms in total. The zero-order chi connectivity index (χ0) is 38.7. The molecule has 0 amide bonds. The van der Waals surface area contributed by atoms with Crippen LogP contribution in [0, 0.1) is 64.1 Å². The molecular weight excluding hydrogens is 765 g/mol. The summed E-state index contributed by atoms with van der Waals surface area (Å²) in [4.78, 5) is 27.1. The van der Waals surface area contributed by atoms with Gasteiger partial charge in [0.15, 0.2) is 5.41 Å². The van der Waals surface area contributed by atoms with Gasteiger partial charge in [-0.2, -0.15) is 26.3 Å². The number of hydrogen-bond acceptors (Lipinski definition) is 7. The van der Waals surface area contributed by atoms with Crippen molar-refractivity contribution in [3.63, 3.8) is 0 Å². The van der Waals surface area contributed by atoms with Crippen LogP contribution in [-0.2, 0) is 33.3 Å². The number of carbonyl (C=O) groups excluding carboxylic acids is 2. The van der Waals surface area contributed by atoms with Gasteiger partial charge in [0.25, 0.3) is 0 Å². The number of alkyl halides is 9. The second-order valence-corrected chi connectivity index (χ2v) is 19.4. The summed E-state index contributed by atoms with van der Waals surface area (Å²) in [6.45, 7) is 8.37. The molecule has 2 saturated heterocycles.